The third kappa shape index (κ3) is 68.6. The summed E-state index contributed by atoms with van der Waals surface area (Å²) in [5.74, 6) is 7.96. The van der Waals surface area contributed by atoms with Gasteiger partial charge < -0.3 is 43.6 Å². The van der Waals surface area contributed by atoms with Crippen LogP contribution >= 0.6 is 45.3 Å². The molecule has 0 bridgehead atoms. The second-order valence-electron chi connectivity index (χ2n) is 41.2. The van der Waals surface area contributed by atoms with E-state index in [0.29, 0.717) is 6.10 Å². The molecule has 8 aromatic heterocycles. The number of pyridine rings is 2. The smallest absolute Gasteiger partial charge is 0.130 e. The van der Waals surface area contributed by atoms with Crippen LogP contribution in [0.15, 0.2) is 160 Å². The van der Waals surface area contributed by atoms with Crippen LogP contribution in [0.4, 0.5) is 0 Å². The highest BCUT2D eigenvalue weighted by molar-refractivity contribution is 7.12. The van der Waals surface area contributed by atoms with Crippen molar-refractivity contribution in [3.63, 3.8) is 0 Å². The first-order chi connectivity index (χ1) is 64.6. The number of nitrogens with one attached hydrogen (secondary N) is 1. The second kappa shape index (κ2) is 72.1. The SMILES string of the molecule is CC1=CCN(C)CC1.CC1=NOC(C)C1.CC1CCC(C)CC1.CC1CCN(C)C1.CC1CCN(C)CC1.CC1CCN(C)CC1.CN1CCC2(C)CC2C1.CN1CCN(C)CC1.Cc1cc(C)[nH]n1.Cc1ccc(C)cc1.Cc1ccc(C)nc1.Cc1ccc(C)nc1.Cc1ccc(C)o1.Cc1ccc(C)s1.Cc1cccc(C)c1.Cc1cnc(C)s1.Cc1csc(C)c1.Cc1csc(C)n1. The number of H-pyrrole nitrogens is 1. The van der Waals surface area contributed by atoms with Gasteiger partial charge in [0.25, 0.3) is 0 Å². The Labute approximate surface area is 854 Å². The molecule has 2 saturated carbocycles. The molecule has 19 rings (SSSR count). The van der Waals surface area contributed by atoms with Crippen molar-refractivity contribution >= 4 is 51.1 Å². The van der Waals surface area contributed by atoms with Gasteiger partial charge in [0, 0.05) is 125 Å². The molecule has 2 aliphatic carbocycles. The van der Waals surface area contributed by atoms with Crippen LogP contribution in [0.3, 0.4) is 0 Å². The number of aryl methyl sites for hydroxylation is 20. The first kappa shape index (κ1) is 126. The Hall–Kier alpha value is -7.18. The minimum atomic E-state index is 0.319. The first-order valence-corrected chi connectivity index (χ1v) is 54.3. The van der Waals surface area contributed by atoms with Crippen LogP contribution in [-0.2, 0) is 4.84 Å². The van der Waals surface area contributed by atoms with Gasteiger partial charge in [0.1, 0.15) is 17.6 Å². The van der Waals surface area contributed by atoms with Crippen LogP contribution in [0.2, 0.25) is 0 Å². The fourth-order valence-electron chi connectivity index (χ4n) is 15.0. The van der Waals surface area contributed by atoms with Crippen molar-refractivity contribution in [3.8, 4) is 0 Å². The number of rotatable bonds is 0. The summed E-state index contributed by atoms with van der Waals surface area (Å²) in [6.45, 7) is 79.0. The van der Waals surface area contributed by atoms with Crippen molar-refractivity contribution in [2.24, 2.45) is 46.1 Å². The van der Waals surface area contributed by atoms with E-state index in [2.05, 4.69) is 325 Å². The summed E-state index contributed by atoms with van der Waals surface area (Å²) in [6, 6.07) is 37.4. The van der Waals surface area contributed by atoms with E-state index < -0.39 is 0 Å². The number of likely N-dealkylation sites (tertiary alicyclic amines) is 4. The van der Waals surface area contributed by atoms with E-state index in [0.717, 1.165) is 110 Å². The standard InChI is InChI=1S/C8H15N.C8H16.2C8H10.2C7H15N.C7H13N.2C7H9N.C6H14N2.C6H13N.C6H8O.2C6H8S.C5H8N2.C5H9NO.2C5H7NS/c1-8-3-4-9(2)6-7(8)5-8;2*1-7-3-5-8(2)6-4-7;1-7-4-3-5-8(2)6-7;3*1-7-3-5-8(2)6-4-7;2*1-6-3-4-7(2)8-5-6;1-7-3-5-8(2)6-4-7;1-6-3-4-7(2)5-6;1-5-3-4-6(2)7-5;1-5-3-6(2)7-4-5;1-5-3-4-6(2)7-5;2*1-4-3-5(2)7-6-4;1-4-3-7-5(2)6-4;1-4-3-6-5(2)7-4/h7H,3-6H2,1-2H3;7-8H,3-6H2,1-2H3;2*3-6H,1-2H3;2*7H,3-6H2,1-2H3;3H,4-6H2,1-2H3;2*3-5H,1-2H3;3-6H2,1-2H3;6H,3-5H2,1-2H3;3*3-4H,1-2H3;3H,1-2H3,(H,6,7);5H,3H2,1-2H3;2*3H,1-2H3. The van der Waals surface area contributed by atoms with Crippen LogP contribution in [0.25, 0.3) is 0 Å². The molecule has 0 amide bonds. The molecule has 10 aromatic rings. The largest absolute Gasteiger partial charge is 0.467 e. The number of aromatic amines is 1. The molecule has 0 spiro atoms. The maximum absolute atomic E-state index is 5.08. The van der Waals surface area contributed by atoms with Crippen LogP contribution < -0.4 is 0 Å². The number of nitrogens with zero attached hydrogens (tertiary/aromatic N) is 13. The molecule has 768 valence electrons. The maximum atomic E-state index is 5.08. The van der Waals surface area contributed by atoms with E-state index in [9.17, 15) is 0 Å². The molecule has 0 radical (unpaired) electrons. The third-order valence-electron chi connectivity index (χ3n) is 24.8. The van der Waals surface area contributed by atoms with Crippen molar-refractivity contribution in [2.45, 2.75) is 290 Å². The number of piperazine rings is 1. The summed E-state index contributed by atoms with van der Waals surface area (Å²) < 4.78 is 5.08. The van der Waals surface area contributed by atoms with E-state index in [1.54, 1.807) is 39.6 Å². The number of benzene rings is 2. The van der Waals surface area contributed by atoms with Crippen LogP contribution in [0.5, 0.6) is 0 Å². The normalized spacial score (nSPS) is 19.9. The Morgan fingerprint density at radius 3 is 1.05 bits per heavy atom. The third-order valence-corrected chi connectivity index (χ3v) is 28.5. The zero-order valence-corrected chi connectivity index (χ0v) is 96.5. The molecule has 5 saturated heterocycles. The van der Waals surface area contributed by atoms with Crippen molar-refractivity contribution in [1.82, 2.24) is 64.4 Å². The molecular formula is C117H194N14O2S4. The number of hydrogen-bond acceptors (Lipinski definition) is 19. The molecule has 7 aliphatic heterocycles. The van der Waals surface area contributed by atoms with Crippen molar-refractivity contribution in [3.05, 3.63) is 259 Å². The summed E-state index contributed by atoms with van der Waals surface area (Å²) in [5, 5.41) is 17.0. The fourth-order valence-corrected chi connectivity index (χ4v) is 17.8. The van der Waals surface area contributed by atoms with Crippen molar-refractivity contribution < 1.29 is 9.25 Å². The molecule has 15 heterocycles. The summed E-state index contributed by atoms with van der Waals surface area (Å²) in [5.41, 5.74) is 18.0. The summed E-state index contributed by atoms with van der Waals surface area (Å²) in [6.07, 6.45) is 26.3. The lowest BCUT2D eigenvalue weighted by Crippen LogP contribution is -2.42. The van der Waals surface area contributed by atoms with E-state index in [-0.39, 0.29) is 0 Å². The van der Waals surface area contributed by atoms with Crippen LogP contribution in [0, 0.1) is 179 Å². The molecule has 4 atom stereocenters. The Morgan fingerprint density at radius 1 is 0.372 bits per heavy atom. The quantitative estimate of drug-likeness (QED) is 0.144. The minimum Gasteiger partial charge on any atom is -0.467 e. The average Bonchev–Trinajstić information content (AvgIpc) is 1.60. The fraction of sp³-hybridized carbons (Fsp3) is 0.607. The maximum Gasteiger partial charge on any atom is 0.130 e. The molecule has 4 unspecified atom stereocenters. The molecular weight excluding hydrogens is 1760 g/mol. The first-order valence-electron chi connectivity index (χ1n) is 50.9. The van der Waals surface area contributed by atoms with Crippen LogP contribution in [-0.4, -0.2) is 217 Å². The number of piperidine rings is 3. The predicted molar refractivity (Wildman–Crippen MR) is 604 cm³/mol. The van der Waals surface area contributed by atoms with Gasteiger partial charge in [-0.1, -0.05) is 167 Å². The number of thiophene rings is 2. The number of hydrogen-bond donors (Lipinski definition) is 1. The van der Waals surface area contributed by atoms with E-state index in [1.165, 1.54) is 221 Å². The van der Waals surface area contributed by atoms with E-state index in [1.807, 2.05) is 150 Å². The predicted octanol–water partition coefficient (Wildman–Crippen LogP) is 29.3. The highest BCUT2D eigenvalue weighted by Gasteiger charge is 2.51. The lowest BCUT2D eigenvalue weighted by atomic mass is 9.84. The Kier molecular flexibility index (Phi) is 66.3. The Bertz CT molecular complexity index is 3970. The van der Waals surface area contributed by atoms with Gasteiger partial charge in [-0.25, -0.2) is 9.97 Å². The van der Waals surface area contributed by atoms with Gasteiger partial charge in [-0.3, -0.25) is 15.1 Å². The summed E-state index contributed by atoms with van der Waals surface area (Å²) >= 11 is 7.07. The van der Waals surface area contributed by atoms with Gasteiger partial charge in [-0.05, 0) is 411 Å². The lowest BCUT2D eigenvalue weighted by molar-refractivity contribution is 0.0995. The van der Waals surface area contributed by atoms with Crippen molar-refractivity contribution in [2.75, 3.05) is 141 Å². The minimum absolute atomic E-state index is 0.319. The molecule has 16 nitrogen and oxygen atoms in total. The van der Waals surface area contributed by atoms with Crippen molar-refractivity contribution in [1.29, 1.82) is 0 Å². The van der Waals surface area contributed by atoms with Gasteiger partial charge in [0.15, 0.2) is 0 Å². The van der Waals surface area contributed by atoms with E-state index in [4.69, 9.17) is 9.25 Å². The molecule has 7 fully saturated rings. The van der Waals surface area contributed by atoms with Gasteiger partial charge in [-0.2, -0.15) is 5.10 Å². The van der Waals surface area contributed by atoms with Gasteiger partial charge in [0.2, 0.25) is 0 Å². The lowest BCUT2D eigenvalue weighted by Gasteiger charge is -2.28. The second-order valence-corrected chi connectivity index (χ2v) is 46.3. The highest BCUT2D eigenvalue weighted by Crippen LogP contribution is 2.57. The number of likely N-dealkylation sites (N-methyl/N-ethyl adjacent to an activating group) is 3. The Balaban J connectivity index is 0.000000491. The highest BCUT2D eigenvalue weighted by atomic mass is 32.1. The molecule has 20 heteroatoms. The monoisotopic (exact) mass is 1960 g/mol. The molecule has 1 N–H and O–H groups in total. The summed E-state index contributed by atoms with van der Waals surface area (Å²) in [7, 11) is 15.3. The van der Waals surface area contributed by atoms with Gasteiger partial charge >= 0.3 is 0 Å². The average molecular weight is 1960 g/mol. The molecule has 2 aromatic carbocycles. The van der Waals surface area contributed by atoms with Gasteiger partial charge in [-0.15, -0.1) is 45.3 Å². The molecule has 137 heavy (non-hydrogen) atoms. The number of thiazole rings is 2. The zero-order chi connectivity index (χ0) is 103. The number of aromatic nitrogens is 6. The Morgan fingerprint density at radius 2 is 0.832 bits per heavy atom. The summed E-state index contributed by atoms with van der Waals surface area (Å²) in [4.78, 5) is 43.4. The van der Waals surface area contributed by atoms with Gasteiger partial charge in [0.05, 0.1) is 21.4 Å². The number of furan rings is 1. The number of oxime groups is 1. The van der Waals surface area contributed by atoms with E-state index >= 15 is 0 Å². The van der Waals surface area contributed by atoms with Crippen LogP contribution in [0.1, 0.15) is 254 Å². The zero-order valence-electron chi connectivity index (χ0n) is 93.3. The topological polar surface area (TPSA) is 138 Å². The number of fused-ring (bicyclic) bond motifs is 1. The molecule has 9 aliphatic rings.